The Morgan fingerprint density at radius 2 is 2.19 bits per heavy atom. The Kier molecular flexibility index (Phi) is 5.79. The number of amides is 1. The van der Waals surface area contributed by atoms with Gasteiger partial charge in [-0.1, -0.05) is 23.7 Å². The van der Waals surface area contributed by atoms with E-state index in [4.69, 9.17) is 11.6 Å². The van der Waals surface area contributed by atoms with Gasteiger partial charge in [0.05, 0.1) is 11.4 Å². The molecule has 0 aliphatic carbocycles. The van der Waals surface area contributed by atoms with E-state index >= 15 is 0 Å². The maximum absolute atomic E-state index is 12.4. The number of nitrogens with one attached hydrogen (secondary N) is 2. The second-order valence-electron chi connectivity index (χ2n) is 4.99. The number of quaternary nitrogens is 1. The van der Waals surface area contributed by atoms with Crippen molar-refractivity contribution in [2.45, 2.75) is 26.4 Å². The third kappa shape index (κ3) is 4.56. The van der Waals surface area contributed by atoms with Crippen LogP contribution in [0.4, 0.5) is 5.69 Å². The van der Waals surface area contributed by atoms with E-state index in [1.165, 1.54) is 9.78 Å². The molecule has 1 aromatic heterocycles. The normalized spacial score (nSPS) is 13.7. The molecule has 1 heterocycles. The van der Waals surface area contributed by atoms with Gasteiger partial charge in [-0.05, 0) is 43.5 Å². The van der Waals surface area contributed by atoms with Crippen LogP contribution in [0.15, 0.2) is 41.8 Å². The van der Waals surface area contributed by atoms with Gasteiger partial charge in [-0.25, -0.2) is 0 Å². The number of likely N-dealkylation sites (N-methyl/N-ethyl adjacent to an activating group) is 1. The number of thiophene rings is 1. The highest BCUT2D eigenvalue weighted by Crippen LogP contribution is 2.14. The number of hydrogen-bond donors (Lipinski definition) is 2. The molecule has 0 bridgehead atoms. The standard InChI is InChI=1S/C16H19ClN2OS/c1-3-19(11-15-8-5-9-21-15)12(2)16(20)18-14-7-4-6-13(17)10-14/h4-10,12H,3,11H2,1-2H3,(H,18,20)/p+1/t12-/m0/s1. The molecule has 1 unspecified atom stereocenters. The average Bonchev–Trinajstić information content (AvgIpc) is 2.97. The molecule has 0 spiro atoms. The van der Waals surface area contributed by atoms with E-state index in [0.717, 1.165) is 18.8 Å². The van der Waals surface area contributed by atoms with Crippen molar-refractivity contribution in [3.63, 3.8) is 0 Å². The molecule has 112 valence electrons. The Morgan fingerprint density at radius 3 is 2.81 bits per heavy atom. The molecule has 0 saturated heterocycles. The minimum absolute atomic E-state index is 0.0191. The van der Waals surface area contributed by atoms with Gasteiger partial charge in [0.15, 0.2) is 6.04 Å². The second-order valence-corrected chi connectivity index (χ2v) is 6.46. The van der Waals surface area contributed by atoms with Crippen LogP contribution in [0.25, 0.3) is 0 Å². The molecule has 2 atom stereocenters. The Labute approximate surface area is 134 Å². The molecule has 2 aromatic rings. The van der Waals surface area contributed by atoms with Crippen molar-refractivity contribution < 1.29 is 9.69 Å². The first-order chi connectivity index (χ1) is 10.1. The van der Waals surface area contributed by atoms with Crippen LogP contribution in [-0.4, -0.2) is 18.5 Å². The maximum Gasteiger partial charge on any atom is 0.282 e. The summed E-state index contributed by atoms with van der Waals surface area (Å²) in [6.07, 6.45) is 0. The molecule has 1 aromatic carbocycles. The predicted molar refractivity (Wildman–Crippen MR) is 89.1 cm³/mol. The topological polar surface area (TPSA) is 33.5 Å². The van der Waals surface area contributed by atoms with E-state index in [9.17, 15) is 4.79 Å². The molecule has 0 aliphatic rings. The van der Waals surface area contributed by atoms with Gasteiger partial charge in [0, 0.05) is 10.7 Å². The van der Waals surface area contributed by atoms with Crippen molar-refractivity contribution in [1.82, 2.24) is 0 Å². The lowest BCUT2D eigenvalue weighted by molar-refractivity contribution is -0.925. The lowest BCUT2D eigenvalue weighted by Crippen LogP contribution is -3.15. The molecule has 1 amide bonds. The highest BCUT2D eigenvalue weighted by molar-refractivity contribution is 7.09. The first-order valence-electron chi connectivity index (χ1n) is 7.03. The summed E-state index contributed by atoms with van der Waals surface area (Å²) in [6.45, 7) is 5.85. The summed E-state index contributed by atoms with van der Waals surface area (Å²) in [6, 6.07) is 11.3. The fourth-order valence-electron chi connectivity index (χ4n) is 2.22. The van der Waals surface area contributed by atoms with Crippen molar-refractivity contribution in [2.24, 2.45) is 0 Å². The number of hydrogen-bond acceptors (Lipinski definition) is 2. The molecule has 21 heavy (non-hydrogen) atoms. The van der Waals surface area contributed by atoms with E-state index in [1.54, 1.807) is 23.5 Å². The number of carbonyl (C=O) groups is 1. The minimum Gasteiger partial charge on any atom is -0.321 e. The van der Waals surface area contributed by atoms with Gasteiger partial charge in [-0.3, -0.25) is 4.79 Å². The van der Waals surface area contributed by atoms with Gasteiger partial charge >= 0.3 is 0 Å². The van der Waals surface area contributed by atoms with Crippen LogP contribution in [0.3, 0.4) is 0 Å². The van der Waals surface area contributed by atoms with E-state index in [0.29, 0.717) is 5.02 Å². The van der Waals surface area contributed by atoms with Crippen LogP contribution in [-0.2, 0) is 11.3 Å². The average molecular weight is 324 g/mol. The first kappa shape index (κ1) is 16.0. The predicted octanol–water partition coefficient (Wildman–Crippen LogP) is 2.83. The molecular weight excluding hydrogens is 304 g/mol. The molecule has 2 rings (SSSR count). The second kappa shape index (κ2) is 7.59. The smallest absolute Gasteiger partial charge is 0.282 e. The largest absolute Gasteiger partial charge is 0.321 e. The number of halogens is 1. The number of rotatable bonds is 6. The molecule has 0 aliphatic heterocycles. The zero-order chi connectivity index (χ0) is 15.2. The van der Waals surface area contributed by atoms with Crippen molar-refractivity contribution in [2.75, 3.05) is 11.9 Å². The SMILES string of the molecule is CC[NH+](Cc1cccs1)[C@@H](C)C(=O)Nc1cccc(Cl)c1. The minimum atomic E-state index is -0.115. The summed E-state index contributed by atoms with van der Waals surface area (Å²) < 4.78 is 0. The van der Waals surface area contributed by atoms with E-state index in [-0.39, 0.29) is 11.9 Å². The molecule has 2 N–H and O–H groups in total. The van der Waals surface area contributed by atoms with Crippen LogP contribution in [0.2, 0.25) is 5.02 Å². The monoisotopic (exact) mass is 323 g/mol. The zero-order valence-corrected chi connectivity index (χ0v) is 13.8. The van der Waals surface area contributed by atoms with Crippen molar-refractivity contribution >= 4 is 34.5 Å². The summed E-state index contributed by atoms with van der Waals surface area (Å²) in [4.78, 5) is 14.9. The summed E-state index contributed by atoms with van der Waals surface area (Å²) in [5, 5.41) is 5.63. The molecular formula is C16H20ClN2OS+. The van der Waals surface area contributed by atoms with Crippen molar-refractivity contribution in [3.8, 4) is 0 Å². The van der Waals surface area contributed by atoms with Gasteiger partial charge in [-0.2, -0.15) is 0 Å². The lowest BCUT2D eigenvalue weighted by Gasteiger charge is -2.23. The fourth-order valence-corrected chi connectivity index (χ4v) is 3.17. The quantitative estimate of drug-likeness (QED) is 0.842. The molecule has 0 radical (unpaired) electrons. The summed E-state index contributed by atoms with van der Waals surface area (Å²) in [5.74, 6) is 0.0191. The highest BCUT2D eigenvalue weighted by atomic mass is 35.5. The number of benzene rings is 1. The Bertz CT molecular complexity index is 586. The van der Waals surface area contributed by atoms with Crippen molar-refractivity contribution in [1.29, 1.82) is 0 Å². The third-order valence-corrected chi connectivity index (χ3v) is 4.64. The van der Waals surface area contributed by atoms with Gasteiger partial charge in [0.1, 0.15) is 6.54 Å². The maximum atomic E-state index is 12.4. The van der Waals surface area contributed by atoms with Gasteiger partial charge in [0.2, 0.25) is 0 Å². The third-order valence-electron chi connectivity index (χ3n) is 3.53. The Hall–Kier alpha value is -1.36. The van der Waals surface area contributed by atoms with Gasteiger partial charge in [-0.15, -0.1) is 11.3 Å². The molecule has 5 heteroatoms. The zero-order valence-electron chi connectivity index (χ0n) is 12.2. The number of anilines is 1. The Balaban J connectivity index is 1.99. The molecule has 3 nitrogen and oxygen atoms in total. The summed E-state index contributed by atoms with van der Waals surface area (Å²) in [5.41, 5.74) is 0.742. The van der Waals surface area contributed by atoms with Crippen LogP contribution in [0, 0.1) is 0 Å². The molecule has 0 saturated carbocycles. The fraction of sp³-hybridized carbons (Fsp3) is 0.312. The van der Waals surface area contributed by atoms with E-state index in [1.807, 2.05) is 25.1 Å². The van der Waals surface area contributed by atoms with Crippen molar-refractivity contribution in [3.05, 3.63) is 51.7 Å². The summed E-state index contributed by atoms with van der Waals surface area (Å²) >= 11 is 7.67. The highest BCUT2D eigenvalue weighted by Gasteiger charge is 2.24. The van der Waals surface area contributed by atoms with Crippen LogP contribution >= 0.6 is 22.9 Å². The number of carbonyl (C=O) groups excluding carboxylic acids is 1. The molecule has 0 fully saturated rings. The van der Waals surface area contributed by atoms with Crippen LogP contribution in [0.5, 0.6) is 0 Å². The van der Waals surface area contributed by atoms with Crippen LogP contribution < -0.4 is 10.2 Å². The van der Waals surface area contributed by atoms with Crippen LogP contribution in [0.1, 0.15) is 18.7 Å². The van der Waals surface area contributed by atoms with E-state index in [2.05, 4.69) is 23.7 Å². The first-order valence-corrected chi connectivity index (χ1v) is 8.29. The Morgan fingerprint density at radius 1 is 1.38 bits per heavy atom. The van der Waals surface area contributed by atoms with Gasteiger partial charge in [0.25, 0.3) is 5.91 Å². The lowest BCUT2D eigenvalue weighted by atomic mass is 10.2. The summed E-state index contributed by atoms with van der Waals surface area (Å²) in [7, 11) is 0. The van der Waals surface area contributed by atoms with E-state index < -0.39 is 0 Å². The van der Waals surface area contributed by atoms with Gasteiger partial charge < -0.3 is 10.2 Å².